The smallest absolute Gasteiger partial charge is 0.462 e. The molecule has 614 valence electrons. The van der Waals surface area contributed by atoms with Gasteiger partial charge in [0.25, 0.3) is 0 Å². The molecular formula is C91H138O17P2. The molecule has 0 aromatic rings. The van der Waals surface area contributed by atoms with Crippen LogP contribution in [0.25, 0.3) is 0 Å². The predicted molar refractivity (Wildman–Crippen MR) is 454 cm³/mol. The van der Waals surface area contributed by atoms with Crippen LogP contribution in [0.5, 0.6) is 0 Å². The molecule has 110 heavy (non-hydrogen) atoms. The molecule has 0 heterocycles. The van der Waals surface area contributed by atoms with Crippen molar-refractivity contribution >= 4 is 39.5 Å². The van der Waals surface area contributed by atoms with Crippen molar-refractivity contribution in [3.05, 3.63) is 243 Å². The van der Waals surface area contributed by atoms with E-state index in [-0.39, 0.29) is 25.7 Å². The van der Waals surface area contributed by atoms with Crippen LogP contribution in [0.3, 0.4) is 0 Å². The highest BCUT2D eigenvalue weighted by Gasteiger charge is 2.30. The van der Waals surface area contributed by atoms with Gasteiger partial charge < -0.3 is 33.8 Å². The Balaban J connectivity index is 5.60. The number of rotatable bonds is 72. The van der Waals surface area contributed by atoms with E-state index in [0.717, 1.165) is 154 Å². The molecular weight excluding hydrogens is 1430 g/mol. The second-order valence-electron chi connectivity index (χ2n) is 25.5. The van der Waals surface area contributed by atoms with E-state index >= 15 is 0 Å². The number of hydrogen-bond donors (Lipinski definition) is 3. The summed E-state index contributed by atoms with van der Waals surface area (Å²) in [5.41, 5.74) is 0. The minimum Gasteiger partial charge on any atom is -0.462 e. The molecule has 19 heteroatoms. The number of aliphatic hydroxyl groups excluding tert-OH is 1. The first-order valence-electron chi connectivity index (χ1n) is 40.3. The minimum atomic E-state index is -5.04. The Kier molecular flexibility index (Phi) is 74.7. The van der Waals surface area contributed by atoms with Gasteiger partial charge in [0, 0.05) is 19.3 Å². The van der Waals surface area contributed by atoms with E-state index in [1.807, 2.05) is 42.5 Å². The fraction of sp³-hybridized carbons (Fsp3) is 0.516. The maximum Gasteiger partial charge on any atom is 0.472 e. The van der Waals surface area contributed by atoms with Gasteiger partial charge in [-0.15, -0.1) is 0 Å². The topological polar surface area (TPSA) is 237 Å². The van der Waals surface area contributed by atoms with Gasteiger partial charge >= 0.3 is 39.5 Å². The van der Waals surface area contributed by atoms with Crippen molar-refractivity contribution in [2.24, 2.45) is 0 Å². The van der Waals surface area contributed by atoms with Crippen LogP contribution in [0.1, 0.15) is 246 Å². The van der Waals surface area contributed by atoms with Gasteiger partial charge in [-0.05, 0) is 167 Å². The molecule has 0 bridgehead atoms. The fourth-order valence-corrected chi connectivity index (χ4v) is 11.0. The fourth-order valence-electron chi connectivity index (χ4n) is 9.41. The summed E-state index contributed by atoms with van der Waals surface area (Å²) in [4.78, 5) is 73.0. The van der Waals surface area contributed by atoms with E-state index in [1.165, 1.54) is 0 Å². The zero-order chi connectivity index (χ0) is 80.3. The largest absolute Gasteiger partial charge is 0.472 e. The Labute approximate surface area is 663 Å². The number of phosphoric acid groups is 2. The molecule has 0 aromatic carbocycles. The molecule has 0 rings (SSSR count). The normalized spacial score (nSPS) is 15.1. The number of unbranched alkanes of at least 4 members (excludes halogenated alkanes) is 7. The summed E-state index contributed by atoms with van der Waals surface area (Å²) in [6.45, 7) is 4.08. The van der Waals surface area contributed by atoms with E-state index in [2.05, 4.69) is 216 Å². The highest BCUT2D eigenvalue weighted by molar-refractivity contribution is 7.47. The molecule has 0 aliphatic rings. The lowest BCUT2D eigenvalue weighted by molar-refractivity contribution is -0.161. The van der Waals surface area contributed by atoms with Gasteiger partial charge in [-0.2, -0.15) is 0 Å². The van der Waals surface area contributed by atoms with Crippen LogP contribution in [0.4, 0.5) is 0 Å². The Morgan fingerprint density at radius 1 is 0.264 bits per heavy atom. The summed E-state index contributed by atoms with van der Waals surface area (Å²) in [6.07, 6.45) is 105. The third kappa shape index (κ3) is 79.0. The lowest BCUT2D eigenvalue weighted by Crippen LogP contribution is -2.30. The van der Waals surface area contributed by atoms with Crippen LogP contribution in [-0.4, -0.2) is 96.7 Å². The third-order valence-corrected chi connectivity index (χ3v) is 17.2. The number of carbonyl (C=O) groups is 4. The van der Waals surface area contributed by atoms with E-state index in [0.29, 0.717) is 38.5 Å². The van der Waals surface area contributed by atoms with Gasteiger partial charge in [0.2, 0.25) is 0 Å². The van der Waals surface area contributed by atoms with Gasteiger partial charge in [0.1, 0.15) is 19.3 Å². The lowest BCUT2D eigenvalue weighted by Gasteiger charge is -2.21. The molecule has 5 atom stereocenters. The van der Waals surface area contributed by atoms with Crippen LogP contribution in [0.15, 0.2) is 243 Å². The molecule has 0 amide bonds. The Morgan fingerprint density at radius 3 is 0.845 bits per heavy atom. The van der Waals surface area contributed by atoms with Gasteiger partial charge in [0.15, 0.2) is 12.2 Å². The van der Waals surface area contributed by atoms with Crippen molar-refractivity contribution < 1.29 is 80.2 Å². The number of esters is 4. The number of phosphoric ester groups is 2. The molecule has 0 radical (unpaired) electrons. The van der Waals surface area contributed by atoms with E-state index in [1.54, 1.807) is 12.2 Å². The molecule has 0 spiro atoms. The second-order valence-corrected chi connectivity index (χ2v) is 28.4. The number of aliphatic hydroxyl groups is 1. The number of carbonyl (C=O) groups excluding carboxylic acids is 4. The van der Waals surface area contributed by atoms with Gasteiger partial charge in [-0.3, -0.25) is 37.3 Å². The van der Waals surface area contributed by atoms with Crippen LogP contribution < -0.4 is 0 Å². The first-order valence-corrected chi connectivity index (χ1v) is 43.3. The summed E-state index contributed by atoms with van der Waals surface area (Å²) in [6, 6.07) is 0. The monoisotopic (exact) mass is 1560 g/mol. The number of allylic oxidation sites excluding steroid dienone is 39. The summed E-state index contributed by atoms with van der Waals surface area (Å²) >= 11 is 0. The van der Waals surface area contributed by atoms with E-state index in [4.69, 9.17) is 37.0 Å². The highest BCUT2D eigenvalue weighted by Crippen LogP contribution is 2.45. The Morgan fingerprint density at radius 2 is 0.509 bits per heavy atom. The highest BCUT2D eigenvalue weighted by atomic mass is 31.2. The third-order valence-electron chi connectivity index (χ3n) is 15.3. The Hall–Kier alpha value is -7.14. The van der Waals surface area contributed by atoms with Gasteiger partial charge in [-0.25, -0.2) is 9.13 Å². The maximum absolute atomic E-state index is 13.1. The lowest BCUT2D eigenvalue weighted by atomic mass is 10.1. The van der Waals surface area contributed by atoms with Crippen molar-refractivity contribution in [3.63, 3.8) is 0 Å². The van der Waals surface area contributed by atoms with Crippen molar-refractivity contribution in [2.75, 3.05) is 39.6 Å². The molecule has 0 fully saturated rings. The van der Waals surface area contributed by atoms with Crippen LogP contribution in [0, 0.1) is 0 Å². The average molecular weight is 1570 g/mol. The zero-order valence-electron chi connectivity index (χ0n) is 67.1. The second kappa shape index (κ2) is 79.9. The van der Waals surface area contributed by atoms with Crippen LogP contribution in [-0.2, 0) is 65.4 Å². The average Bonchev–Trinajstić information content (AvgIpc) is 0.899. The van der Waals surface area contributed by atoms with Gasteiger partial charge in [0.05, 0.1) is 32.8 Å². The quantitative estimate of drug-likeness (QED) is 0.0169. The van der Waals surface area contributed by atoms with Crippen LogP contribution in [0.2, 0.25) is 0 Å². The van der Waals surface area contributed by atoms with Crippen molar-refractivity contribution in [1.82, 2.24) is 0 Å². The summed E-state index contributed by atoms with van der Waals surface area (Å²) in [5.74, 6) is -2.54. The minimum absolute atomic E-state index is 0.00249. The molecule has 0 saturated carbocycles. The van der Waals surface area contributed by atoms with Crippen LogP contribution >= 0.6 is 15.6 Å². The van der Waals surface area contributed by atoms with Crippen molar-refractivity contribution in [2.45, 2.75) is 264 Å². The van der Waals surface area contributed by atoms with Crippen molar-refractivity contribution in [1.29, 1.82) is 0 Å². The first-order chi connectivity index (χ1) is 53.7. The summed E-state index contributed by atoms with van der Waals surface area (Å²) < 4.78 is 68.4. The molecule has 5 unspecified atom stereocenters. The number of hydrogen-bond acceptors (Lipinski definition) is 15. The molecule has 17 nitrogen and oxygen atoms in total. The number of ether oxygens (including phenoxy) is 4. The molecule has 0 aliphatic heterocycles. The van der Waals surface area contributed by atoms with Crippen molar-refractivity contribution in [3.8, 4) is 0 Å². The van der Waals surface area contributed by atoms with E-state index in [9.17, 15) is 43.2 Å². The zero-order valence-corrected chi connectivity index (χ0v) is 68.9. The summed E-state index contributed by atoms with van der Waals surface area (Å²) in [5, 5.41) is 10.6. The molecule has 3 N–H and O–H groups in total. The molecule has 0 aliphatic carbocycles. The Bertz CT molecular complexity index is 3050. The predicted octanol–water partition coefficient (Wildman–Crippen LogP) is 24.0. The summed E-state index contributed by atoms with van der Waals surface area (Å²) in [7, 11) is -10.1. The standard InChI is InChI=1S/C91H138O17P2/c1-5-9-13-17-21-25-29-33-37-40-42-45-48-51-55-59-63-67-71-75-88(93)101-81-86(107-90(95)77-73-69-65-61-57-53-47-36-32-28-24-20-16-12-8-4)83-105-109(97,98)103-79-85(92)80-104-110(99,100)106-84-87(108-91(96)78-74-70-66-62-58-54-50-44-39-35-31-27-23-19-15-11-7-3)82-102-89(94)76-72-68-64-60-56-52-49-46-43-41-38-34-30-26-22-18-14-10-6-2/h9-16,21-28,33-39,42-43,45-47,50-51,54-55,57,61-63,66-67,69,73,85-87,92H,5-8,17-20,29-32,40-41,44,48-49,52-53,56,58-60,64-65,68,70-72,74-84H2,1-4H3,(H,97,98)(H,99,100)/b13-9-,14-10-,15-11-,16-12-,25-21-,26-22-,27-23-,28-24-,37-33-,38-34-,39-35-,45-42-,46-43-,47-36-,54-50-,55-51-,61-57-,66-62-,67-63-,73-69-. The molecule has 0 aromatic heterocycles. The first kappa shape index (κ1) is 103. The van der Waals surface area contributed by atoms with E-state index < -0.39 is 97.5 Å². The molecule has 0 saturated heterocycles. The maximum atomic E-state index is 13.1. The SMILES string of the molecule is CC/C=C\C/C=C\C/C=C\C/C=C\C/C=C\C/C=C\CCC(=O)OCC(COP(=O)(O)OCC(O)COP(=O)(O)OCC(COC(=O)CCCCCCCC/C=C\C/C=C\C/C=C\C/C=C\CC)OC(=O)CCC/C=C\C/C=C\C/C=C\C/C=C\C/C=C\CC)OC(=O)C/C=C\C/C=C\C/C=C\C/C=C\C/C=C\CC. The van der Waals surface area contributed by atoms with Gasteiger partial charge in [-0.1, -0.05) is 296 Å².